The van der Waals surface area contributed by atoms with Gasteiger partial charge in [0.05, 0.1) is 19.9 Å². The van der Waals surface area contributed by atoms with Gasteiger partial charge in [-0.05, 0) is 43.1 Å². The minimum atomic E-state index is -0.263. The molecule has 7 nitrogen and oxygen atoms in total. The van der Waals surface area contributed by atoms with Gasteiger partial charge in [0.1, 0.15) is 11.5 Å². The number of likely N-dealkylation sites (tertiary alicyclic amines) is 1. The van der Waals surface area contributed by atoms with Crippen molar-refractivity contribution in [2.75, 3.05) is 27.3 Å². The highest BCUT2D eigenvalue weighted by molar-refractivity contribution is 5.91. The van der Waals surface area contributed by atoms with Crippen LogP contribution < -0.4 is 14.8 Å². The van der Waals surface area contributed by atoms with Gasteiger partial charge < -0.3 is 19.3 Å². The van der Waals surface area contributed by atoms with Gasteiger partial charge in [0.25, 0.3) is 5.91 Å². The summed E-state index contributed by atoms with van der Waals surface area (Å²) in [6.07, 6.45) is 2.10. The Hall–Kier alpha value is -3.32. The first-order valence-corrected chi connectivity index (χ1v) is 10.9. The number of carbonyl (C=O) groups excluding carboxylic acids is 1. The Labute approximate surface area is 188 Å². The van der Waals surface area contributed by atoms with E-state index in [0.29, 0.717) is 6.54 Å². The molecule has 3 aromatic rings. The number of benzene rings is 2. The lowest BCUT2D eigenvalue weighted by Gasteiger charge is -2.32. The van der Waals surface area contributed by atoms with Crippen molar-refractivity contribution in [2.24, 2.45) is 0 Å². The Morgan fingerprint density at radius 2 is 1.97 bits per heavy atom. The third kappa shape index (κ3) is 5.29. The van der Waals surface area contributed by atoms with E-state index in [-0.39, 0.29) is 17.6 Å². The summed E-state index contributed by atoms with van der Waals surface area (Å²) in [5.74, 6) is 1.92. The summed E-state index contributed by atoms with van der Waals surface area (Å²) in [5, 5.41) is 7.10. The van der Waals surface area contributed by atoms with Crippen LogP contribution in [0.3, 0.4) is 0 Å². The fourth-order valence-electron chi connectivity index (χ4n) is 4.12. The van der Waals surface area contributed by atoms with Gasteiger partial charge in [-0.25, -0.2) is 0 Å². The summed E-state index contributed by atoms with van der Waals surface area (Å²) >= 11 is 0. The predicted molar refractivity (Wildman–Crippen MR) is 121 cm³/mol. The van der Waals surface area contributed by atoms with Gasteiger partial charge in [-0.2, -0.15) is 0 Å². The summed E-state index contributed by atoms with van der Waals surface area (Å²) in [6, 6.07) is 17.5. The van der Waals surface area contributed by atoms with Crippen LogP contribution in [0, 0.1) is 0 Å². The normalized spacial score (nSPS) is 16.5. The van der Waals surface area contributed by atoms with Crippen LogP contribution in [-0.4, -0.2) is 43.3 Å². The van der Waals surface area contributed by atoms with Crippen molar-refractivity contribution in [1.29, 1.82) is 0 Å². The van der Waals surface area contributed by atoms with Gasteiger partial charge in [0, 0.05) is 37.2 Å². The highest BCUT2D eigenvalue weighted by Crippen LogP contribution is 2.29. The lowest BCUT2D eigenvalue weighted by molar-refractivity contribution is 0.0913. The largest absolute Gasteiger partial charge is 0.497 e. The maximum atomic E-state index is 12.5. The Kier molecular flexibility index (Phi) is 7.07. The quantitative estimate of drug-likeness (QED) is 0.576. The average Bonchev–Trinajstić information content (AvgIpc) is 3.34. The number of ether oxygens (including phenoxy) is 2. The van der Waals surface area contributed by atoms with E-state index in [4.69, 9.17) is 14.0 Å². The number of carbonyl (C=O) groups is 1. The standard InChI is InChI=1S/C25H29N3O4/c1-30-21-11-9-18(10-12-21)15-26-25(29)24-14-22(27-32-24)19-7-5-13-28(16-19)17-20-6-3-4-8-23(20)31-2/h3-4,6,8-12,14,19H,5,7,13,15-17H2,1-2H3,(H,26,29)/t19-/m0/s1. The molecule has 1 fully saturated rings. The van der Waals surface area contributed by atoms with Crippen molar-refractivity contribution in [3.63, 3.8) is 0 Å². The van der Waals surface area contributed by atoms with E-state index >= 15 is 0 Å². The second kappa shape index (κ2) is 10.3. The number of piperidine rings is 1. The van der Waals surface area contributed by atoms with E-state index in [9.17, 15) is 4.79 Å². The van der Waals surface area contributed by atoms with Crippen LogP contribution in [0.5, 0.6) is 11.5 Å². The third-order valence-electron chi connectivity index (χ3n) is 5.87. The molecule has 0 saturated carbocycles. The van der Waals surface area contributed by atoms with Crippen LogP contribution in [0.25, 0.3) is 0 Å². The highest BCUT2D eigenvalue weighted by atomic mass is 16.5. The monoisotopic (exact) mass is 435 g/mol. The lowest BCUT2D eigenvalue weighted by atomic mass is 9.94. The maximum Gasteiger partial charge on any atom is 0.290 e. The molecule has 1 aliphatic rings. The van der Waals surface area contributed by atoms with Crippen LogP contribution in [0.15, 0.2) is 59.1 Å². The van der Waals surface area contributed by atoms with Crippen molar-refractivity contribution in [3.8, 4) is 11.5 Å². The molecule has 0 radical (unpaired) electrons. The molecule has 0 aliphatic carbocycles. The zero-order valence-corrected chi connectivity index (χ0v) is 18.5. The molecule has 1 amide bonds. The summed E-state index contributed by atoms with van der Waals surface area (Å²) in [6.45, 7) is 3.14. The lowest BCUT2D eigenvalue weighted by Crippen LogP contribution is -2.34. The van der Waals surface area contributed by atoms with Gasteiger partial charge >= 0.3 is 0 Å². The predicted octanol–water partition coefficient (Wildman–Crippen LogP) is 4.00. The molecule has 1 saturated heterocycles. The van der Waals surface area contributed by atoms with Crippen molar-refractivity contribution in [3.05, 3.63) is 77.2 Å². The maximum absolute atomic E-state index is 12.5. The van der Waals surface area contributed by atoms with Crippen LogP contribution in [-0.2, 0) is 13.1 Å². The molecule has 1 aromatic heterocycles. The second-order valence-electron chi connectivity index (χ2n) is 8.03. The molecule has 32 heavy (non-hydrogen) atoms. The van der Waals surface area contributed by atoms with Gasteiger partial charge in [0.15, 0.2) is 0 Å². The molecule has 1 atom stereocenters. The topological polar surface area (TPSA) is 76.8 Å². The number of hydrogen-bond donors (Lipinski definition) is 1. The van der Waals surface area contributed by atoms with Crippen LogP contribution in [0.4, 0.5) is 0 Å². The zero-order chi connectivity index (χ0) is 22.3. The zero-order valence-electron chi connectivity index (χ0n) is 18.5. The number of nitrogens with one attached hydrogen (secondary N) is 1. The summed E-state index contributed by atoms with van der Waals surface area (Å²) in [5.41, 5.74) is 3.00. The highest BCUT2D eigenvalue weighted by Gasteiger charge is 2.26. The first-order valence-electron chi connectivity index (χ1n) is 10.9. The van der Waals surface area contributed by atoms with Crippen LogP contribution in [0.1, 0.15) is 46.1 Å². The molecule has 2 aromatic carbocycles. The Morgan fingerprint density at radius 3 is 2.75 bits per heavy atom. The minimum absolute atomic E-state index is 0.241. The van der Waals surface area contributed by atoms with Gasteiger partial charge in [-0.15, -0.1) is 0 Å². The van der Waals surface area contributed by atoms with Crippen LogP contribution >= 0.6 is 0 Å². The Balaban J connectivity index is 1.34. The number of para-hydroxylation sites is 1. The number of aromatic nitrogens is 1. The molecule has 1 aliphatic heterocycles. The SMILES string of the molecule is COc1ccc(CNC(=O)c2cc([C@H]3CCCN(Cc4ccccc4OC)C3)no2)cc1. The third-order valence-corrected chi connectivity index (χ3v) is 5.87. The van der Waals surface area contributed by atoms with Crippen LogP contribution in [0.2, 0.25) is 0 Å². The molecule has 4 rings (SSSR count). The molecule has 168 valence electrons. The van der Waals surface area contributed by atoms with E-state index in [2.05, 4.69) is 21.4 Å². The Morgan fingerprint density at radius 1 is 1.16 bits per heavy atom. The van der Waals surface area contributed by atoms with Gasteiger partial charge in [-0.1, -0.05) is 35.5 Å². The van der Waals surface area contributed by atoms with E-state index in [1.165, 1.54) is 5.56 Å². The number of nitrogens with zero attached hydrogens (tertiary/aromatic N) is 2. The molecular formula is C25H29N3O4. The molecule has 0 spiro atoms. The molecule has 0 unspecified atom stereocenters. The van der Waals surface area contributed by atoms with E-state index in [1.807, 2.05) is 42.5 Å². The fraction of sp³-hybridized carbons (Fsp3) is 0.360. The first-order chi connectivity index (χ1) is 15.7. The molecule has 7 heteroatoms. The van der Waals surface area contributed by atoms with E-state index < -0.39 is 0 Å². The smallest absolute Gasteiger partial charge is 0.290 e. The molecular weight excluding hydrogens is 406 g/mol. The minimum Gasteiger partial charge on any atom is -0.497 e. The average molecular weight is 436 g/mol. The summed E-state index contributed by atoms with van der Waals surface area (Å²) < 4.78 is 16.0. The summed E-state index contributed by atoms with van der Waals surface area (Å²) in [7, 11) is 3.33. The van der Waals surface area contributed by atoms with E-state index in [1.54, 1.807) is 20.3 Å². The van der Waals surface area contributed by atoms with E-state index in [0.717, 1.165) is 55.2 Å². The number of amides is 1. The van der Waals surface area contributed by atoms with Gasteiger partial charge in [0.2, 0.25) is 5.76 Å². The second-order valence-corrected chi connectivity index (χ2v) is 8.03. The van der Waals surface area contributed by atoms with Crippen molar-refractivity contribution in [1.82, 2.24) is 15.4 Å². The van der Waals surface area contributed by atoms with Crippen molar-refractivity contribution in [2.45, 2.75) is 31.8 Å². The summed E-state index contributed by atoms with van der Waals surface area (Å²) in [4.78, 5) is 14.9. The first kappa shape index (κ1) is 21.9. The molecule has 1 N–H and O–H groups in total. The van der Waals surface area contributed by atoms with Crippen molar-refractivity contribution >= 4 is 5.91 Å². The number of hydrogen-bond acceptors (Lipinski definition) is 6. The fourth-order valence-corrected chi connectivity index (χ4v) is 4.12. The molecule has 0 bridgehead atoms. The molecule has 2 heterocycles. The van der Waals surface area contributed by atoms with Crippen molar-refractivity contribution < 1.29 is 18.8 Å². The Bertz CT molecular complexity index is 1030. The van der Waals surface area contributed by atoms with Gasteiger partial charge in [-0.3, -0.25) is 9.69 Å². The number of rotatable bonds is 8. The number of methoxy groups -OCH3 is 2.